The van der Waals surface area contributed by atoms with Gasteiger partial charge in [0.05, 0.1) is 11.1 Å². The third kappa shape index (κ3) is 2.26. The van der Waals surface area contributed by atoms with Crippen LogP contribution in [0, 0.1) is 0 Å². The summed E-state index contributed by atoms with van der Waals surface area (Å²) in [6.45, 7) is 4.74. The van der Waals surface area contributed by atoms with E-state index >= 15 is 0 Å². The Balaban J connectivity index is 2.15. The predicted molar refractivity (Wildman–Crippen MR) is 67.4 cm³/mol. The first kappa shape index (κ1) is 11.6. The van der Waals surface area contributed by atoms with Crippen molar-refractivity contribution in [3.63, 3.8) is 0 Å². The molecule has 1 fully saturated rings. The molecule has 88 valence electrons. The summed E-state index contributed by atoms with van der Waals surface area (Å²) in [5.74, 6) is 0.117. The van der Waals surface area contributed by atoms with Crippen LogP contribution in [0.1, 0.15) is 49.2 Å². The third-order valence-electron chi connectivity index (χ3n) is 3.19. The first-order valence-electron chi connectivity index (χ1n) is 5.95. The van der Waals surface area contributed by atoms with Gasteiger partial charge in [0.25, 0.3) is 0 Å². The fourth-order valence-electron chi connectivity index (χ4n) is 2.33. The molecule has 0 unspecified atom stereocenters. The zero-order valence-corrected chi connectivity index (χ0v) is 10.7. The van der Waals surface area contributed by atoms with E-state index in [9.17, 15) is 4.79 Å². The standard InChI is InChI=1S/C12H18N2OS/c1-3-14(10-6-4-5-7-10)12-13-8-11(16-12)9(2)15/h8,10H,3-7H2,1-2H3. The van der Waals surface area contributed by atoms with E-state index in [4.69, 9.17) is 0 Å². The fraction of sp³-hybridized carbons (Fsp3) is 0.667. The largest absolute Gasteiger partial charge is 0.345 e. The Hall–Kier alpha value is -0.900. The quantitative estimate of drug-likeness (QED) is 0.756. The molecule has 1 aromatic rings. The maximum Gasteiger partial charge on any atom is 0.186 e. The Morgan fingerprint density at radius 1 is 1.56 bits per heavy atom. The molecule has 1 aliphatic rings. The summed E-state index contributed by atoms with van der Waals surface area (Å²) in [5, 5.41) is 1.01. The highest BCUT2D eigenvalue weighted by Crippen LogP contribution is 2.30. The minimum absolute atomic E-state index is 0.117. The van der Waals surface area contributed by atoms with E-state index < -0.39 is 0 Å². The Morgan fingerprint density at radius 3 is 2.75 bits per heavy atom. The van der Waals surface area contributed by atoms with Gasteiger partial charge in [0.1, 0.15) is 0 Å². The fourth-order valence-corrected chi connectivity index (χ4v) is 3.27. The van der Waals surface area contributed by atoms with Crippen LogP contribution in [-0.4, -0.2) is 23.4 Å². The third-order valence-corrected chi connectivity index (χ3v) is 4.33. The predicted octanol–water partition coefficient (Wildman–Crippen LogP) is 3.11. The number of hydrogen-bond acceptors (Lipinski definition) is 4. The molecule has 0 atom stereocenters. The number of nitrogens with zero attached hydrogens (tertiary/aromatic N) is 2. The molecule has 0 aromatic carbocycles. The number of hydrogen-bond donors (Lipinski definition) is 0. The van der Waals surface area contributed by atoms with Gasteiger partial charge in [0, 0.05) is 19.5 Å². The van der Waals surface area contributed by atoms with E-state index in [0.29, 0.717) is 6.04 Å². The van der Waals surface area contributed by atoms with Gasteiger partial charge in [0.2, 0.25) is 0 Å². The molecule has 2 rings (SSSR count). The SMILES string of the molecule is CCN(c1ncc(C(C)=O)s1)C1CCCC1. The number of rotatable bonds is 4. The Kier molecular flexibility index (Phi) is 3.59. The first-order valence-corrected chi connectivity index (χ1v) is 6.77. The van der Waals surface area contributed by atoms with Crippen LogP contribution in [0.2, 0.25) is 0 Å². The van der Waals surface area contributed by atoms with Crippen molar-refractivity contribution in [2.45, 2.75) is 45.6 Å². The number of carbonyl (C=O) groups is 1. The smallest absolute Gasteiger partial charge is 0.186 e. The summed E-state index contributed by atoms with van der Waals surface area (Å²) >= 11 is 1.53. The van der Waals surface area contributed by atoms with Gasteiger partial charge in [-0.3, -0.25) is 4.79 Å². The van der Waals surface area contributed by atoms with Crippen molar-refractivity contribution in [1.29, 1.82) is 0 Å². The Bertz CT molecular complexity index is 369. The molecule has 0 spiro atoms. The molecule has 0 bridgehead atoms. The van der Waals surface area contributed by atoms with E-state index in [0.717, 1.165) is 16.6 Å². The normalized spacial score (nSPS) is 16.6. The van der Waals surface area contributed by atoms with Crippen LogP contribution in [0.4, 0.5) is 5.13 Å². The number of Topliss-reactive ketones (excluding diaryl/α,β-unsaturated/α-hetero) is 1. The molecule has 1 heterocycles. The summed E-state index contributed by atoms with van der Waals surface area (Å²) in [5.41, 5.74) is 0. The lowest BCUT2D eigenvalue weighted by atomic mass is 10.2. The Morgan fingerprint density at radius 2 is 2.25 bits per heavy atom. The highest BCUT2D eigenvalue weighted by molar-refractivity contribution is 7.17. The second-order valence-corrected chi connectivity index (χ2v) is 5.30. The molecule has 1 aliphatic carbocycles. The molecule has 0 N–H and O–H groups in total. The zero-order valence-electron chi connectivity index (χ0n) is 9.90. The van der Waals surface area contributed by atoms with Gasteiger partial charge in [-0.05, 0) is 19.8 Å². The summed E-state index contributed by atoms with van der Waals surface area (Å²) in [6.07, 6.45) is 6.89. The van der Waals surface area contributed by atoms with Gasteiger partial charge in [-0.25, -0.2) is 4.98 Å². The van der Waals surface area contributed by atoms with Crippen LogP contribution in [0.3, 0.4) is 0 Å². The molecule has 0 radical (unpaired) electrons. The summed E-state index contributed by atoms with van der Waals surface area (Å²) < 4.78 is 0. The summed E-state index contributed by atoms with van der Waals surface area (Å²) in [4.78, 5) is 18.7. The van der Waals surface area contributed by atoms with Crippen molar-refractivity contribution in [2.75, 3.05) is 11.4 Å². The van der Waals surface area contributed by atoms with Crippen LogP contribution in [-0.2, 0) is 0 Å². The molecule has 16 heavy (non-hydrogen) atoms. The van der Waals surface area contributed by atoms with Crippen LogP contribution in [0.25, 0.3) is 0 Å². The van der Waals surface area contributed by atoms with Crippen LogP contribution in [0.15, 0.2) is 6.20 Å². The van der Waals surface area contributed by atoms with Gasteiger partial charge in [0.15, 0.2) is 10.9 Å². The Labute approximate surface area is 100 Å². The van der Waals surface area contributed by atoms with Crippen molar-refractivity contribution in [2.24, 2.45) is 0 Å². The van der Waals surface area contributed by atoms with Crippen LogP contribution >= 0.6 is 11.3 Å². The molecule has 1 saturated carbocycles. The molecular weight excluding hydrogens is 220 g/mol. The number of thiazole rings is 1. The van der Waals surface area contributed by atoms with E-state index in [-0.39, 0.29) is 5.78 Å². The average Bonchev–Trinajstić information content (AvgIpc) is 2.88. The second-order valence-electron chi connectivity index (χ2n) is 4.29. The van der Waals surface area contributed by atoms with Crippen molar-refractivity contribution >= 4 is 22.3 Å². The highest BCUT2D eigenvalue weighted by atomic mass is 32.1. The van der Waals surface area contributed by atoms with Gasteiger partial charge in [-0.1, -0.05) is 24.2 Å². The molecular formula is C12H18N2OS. The van der Waals surface area contributed by atoms with E-state index in [1.54, 1.807) is 13.1 Å². The molecule has 0 amide bonds. The number of carbonyl (C=O) groups excluding carboxylic acids is 1. The van der Waals surface area contributed by atoms with Crippen molar-refractivity contribution in [3.05, 3.63) is 11.1 Å². The monoisotopic (exact) mass is 238 g/mol. The number of anilines is 1. The molecule has 0 saturated heterocycles. The lowest BCUT2D eigenvalue weighted by Crippen LogP contribution is -2.32. The summed E-state index contributed by atoms with van der Waals surface area (Å²) in [7, 11) is 0. The maximum atomic E-state index is 11.2. The van der Waals surface area contributed by atoms with E-state index in [1.807, 2.05) is 0 Å². The second kappa shape index (κ2) is 4.95. The molecule has 3 nitrogen and oxygen atoms in total. The van der Waals surface area contributed by atoms with Crippen LogP contribution < -0.4 is 4.90 Å². The molecule has 0 aliphatic heterocycles. The van der Waals surface area contributed by atoms with Gasteiger partial charge in [-0.15, -0.1) is 0 Å². The van der Waals surface area contributed by atoms with Crippen molar-refractivity contribution < 1.29 is 4.79 Å². The van der Waals surface area contributed by atoms with Crippen molar-refractivity contribution in [1.82, 2.24) is 4.98 Å². The minimum Gasteiger partial charge on any atom is -0.345 e. The maximum absolute atomic E-state index is 11.2. The summed E-state index contributed by atoms with van der Waals surface area (Å²) in [6, 6.07) is 0.635. The topological polar surface area (TPSA) is 33.2 Å². The first-order chi connectivity index (χ1) is 7.72. The van der Waals surface area contributed by atoms with Gasteiger partial charge < -0.3 is 4.90 Å². The van der Waals surface area contributed by atoms with Gasteiger partial charge >= 0.3 is 0 Å². The number of ketones is 1. The highest BCUT2D eigenvalue weighted by Gasteiger charge is 2.23. The van der Waals surface area contributed by atoms with Crippen molar-refractivity contribution in [3.8, 4) is 0 Å². The average molecular weight is 238 g/mol. The van der Waals surface area contributed by atoms with E-state index in [1.165, 1.54) is 37.0 Å². The lowest BCUT2D eigenvalue weighted by molar-refractivity contribution is 0.102. The zero-order chi connectivity index (χ0) is 11.5. The lowest BCUT2D eigenvalue weighted by Gasteiger charge is -2.26. The van der Waals surface area contributed by atoms with E-state index in [2.05, 4.69) is 16.8 Å². The minimum atomic E-state index is 0.117. The number of aromatic nitrogens is 1. The molecule has 1 aromatic heterocycles. The van der Waals surface area contributed by atoms with Crippen LogP contribution in [0.5, 0.6) is 0 Å². The molecule has 4 heteroatoms. The van der Waals surface area contributed by atoms with Gasteiger partial charge in [-0.2, -0.15) is 0 Å².